The Morgan fingerprint density at radius 1 is 1.22 bits per heavy atom. The first-order valence-electron chi connectivity index (χ1n) is 6.52. The summed E-state index contributed by atoms with van der Waals surface area (Å²) in [4.78, 5) is 19.9. The van der Waals surface area contributed by atoms with Crippen molar-refractivity contribution in [3.8, 4) is 0 Å². The van der Waals surface area contributed by atoms with E-state index in [1.165, 1.54) is 31.7 Å². The van der Waals surface area contributed by atoms with Gasteiger partial charge in [0.25, 0.3) is 5.91 Å². The Kier molecular flexibility index (Phi) is 2.19. The number of nitrogens with zero attached hydrogens (tertiary/aromatic N) is 2. The largest absolute Gasteiger partial charge is 0.347 e. The molecule has 5 heteroatoms. The second-order valence-electron chi connectivity index (χ2n) is 5.71. The predicted octanol–water partition coefficient (Wildman–Crippen LogP) is 1.90. The van der Waals surface area contributed by atoms with Gasteiger partial charge in [-0.3, -0.25) is 4.79 Å². The molecule has 1 heterocycles. The van der Waals surface area contributed by atoms with Crippen LogP contribution in [0.25, 0.3) is 0 Å². The Balaban J connectivity index is 1.44. The second-order valence-corrected chi connectivity index (χ2v) is 6.10. The van der Waals surface area contributed by atoms with E-state index in [1.54, 1.807) is 0 Å². The van der Waals surface area contributed by atoms with E-state index in [2.05, 4.69) is 15.3 Å². The van der Waals surface area contributed by atoms with Crippen LogP contribution in [-0.2, 0) is 0 Å². The zero-order valence-electron chi connectivity index (χ0n) is 9.84. The van der Waals surface area contributed by atoms with E-state index in [1.807, 2.05) is 0 Å². The molecular formula is C13H14ClN3O. The van der Waals surface area contributed by atoms with Crippen LogP contribution >= 0.6 is 11.6 Å². The Labute approximate surface area is 110 Å². The van der Waals surface area contributed by atoms with Gasteiger partial charge in [0.2, 0.25) is 0 Å². The quantitative estimate of drug-likeness (QED) is 0.887. The summed E-state index contributed by atoms with van der Waals surface area (Å²) in [6, 6.07) is 0.390. The fourth-order valence-corrected chi connectivity index (χ4v) is 4.27. The van der Waals surface area contributed by atoms with Crippen LogP contribution in [0.4, 0.5) is 0 Å². The zero-order chi connectivity index (χ0) is 12.3. The smallest absolute Gasteiger partial charge is 0.271 e. The molecule has 0 radical (unpaired) electrons. The van der Waals surface area contributed by atoms with Crippen LogP contribution in [0.1, 0.15) is 29.8 Å². The highest BCUT2D eigenvalue weighted by atomic mass is 35.5. The molecule has 0 spiro atoms. The SMILES string of the molecule is O=C(NC1C2C3CCC(C3)C12)c1cnc(Cl)cn1. The molecule has 4 atom stereocenters. The van der Waals surface area contributed by atoms with Crippen LogP contribution in [0.3, 0.4) is 0 Å². The standard InChI is InChI=1S/C13H14ClN3O/c14-9-5-15-8(4-16-9)13(18)17-12-10-6-1-2-7(3-6)11(10)12/h4-7,10-12H,1-3H2,(H,17,18). The van der Waals surface area contributed by atoms with Gasteiger partial charge in [0.05, 0.1) is 12.4 Å². The van der Waals surface area contributed by atoms with Gasteiger partial charge in [-0.1, -0.05) is 11.6 Å². The molecular weight excluding hydrogens is 250 g/mol. The highest BCUT2D eigenvalue weighted by Crippen LogP contribution is 2.65. The number of halogens is 1. The lowest BCUT2D eigenvalue weighted by Crippen LogP contribution is -2.30. The van der Waals surface area contributed by atoms with Crippen LogP contribution in [0.15, 0.2) is 12.4 Å². The first-order valence-corrected chi connectivity index (χ1v) is 6.90. The third kappa shape index (κ3) is 1.48. The van der Waals surface area contributed by atoms with E-state index < -0.39 is 0 Å². The summed E-state index contributed by atoms with van der Waals surface area (Å²) in [7, 11) is 0. The molecule has 3 aliphatic rings. The topological polar surface area (TPSA) is 54.9 Å². The van der Waals surface area contributed by atoms with Gasteiger partial charge >= 0.3 is 0 Å². The van der Waals surface area contributed by atoms with Gasteiger partial charge in [0, 0.05) is 6.04 Å². The van der Waals surface area contributed by atoms with Crippen molar-refractivity contribution in [3.63, 3.8) is 0 Å². The van der Waals surface area contributed by atoms with E-state index in [4.69, 9.17) is 11.6 Å². The van der Waals surface area contributed by atoms with E-state index in [0.29, 0.717) is 16.9 Å². The number of aromatic nitrogens is 2. The molecule has 4 rings (SSSR count). The number of rotatable bonds is 2. The number of nitrogens with one attached hydrogen (secondary N) is 1. The molecule has 1 aromatic rings. The van der Waals surface area contributed by atoms with Crippen molar-refractivity contribution in [3.05, 3.63) is 23.2 Å². The molecule has 3 aliphatic carbocycles. The Morgan fingerprint density at radius 2 is 1.94 bits per heavy atom. The van der Waals surface area contributed by atoms with Gasteiger partial charge in [-0.05, 0) is 42.9 Å². The van der Waals surface area contributed by atoms with Gasteiger partial charge in [0.15, 0.2) is 0 Å². The van der Waals surface area contributed by atoms with Gasteiger partial charge in [-0.2, -0.15) is 0 Å². The number of carbonyl (C=O) groups is 1. The first-order chi connectivity index (χ1) is 8.74. The van der Waals surface area contributed by atoms with Crippen LogP contribution in [0.2, 0.25) is 5.15 Å². The maximum Gasteiger partial charge on any atom is 0.271 e. The van der Waals surface area contributed by atoms with E-state index >= 15 is 0 Å². The monoisotopic (exact) mass is 263 g/mol. The number of hydrogen-bond donors (Lipinski definition) is 1. The van der Waals surface area contributed by atoms with Crippen molar-refractivity contribution in [1.29, 1.82) is 0 Å². The van der Waals surface area contributed by atoms with Gasteiger partial charge in [0.1, 0.15) is 10.8 Å². The molecule has 0 aromatic carbocycles. The minimum Gasteiger partial charge on any atom is -0.347 e. The maximum atomic E-state index is 12.0. The second kappa shape index (κ2) is 3.67. The lowest BCUT2D eigenvalue weighted by molar-refractivity contribution is 0.0939. The molecule has 94 valence electrons. The highest BCUT2D eigenvalue weighted by molar-refractivity contribution is 6.29. The Hall–Kier alpha value is -1.16. The minimum atomic E-state index is -0.113. The van der Waals surface area contributed by atoms with Crippen molar-refractivity contribution in [1.82, 2.24) is 15.3 Å². The molecule has 4 nitrogen and oxygen atoms in total. The van der Waals surface area contributed by atoms with Crippen molar-refractivity contribution < 1.29 is 4.79 Å². The summed E-state index contributed by atoms with van der Waals surface area (Å²) in [5, 5.41) is 3.42. The number of hydrogen-bond acceptors (Lipinski definition) is 3. The highest BCUT2D eigenvalue weighted by Gasteiger charge is 2.65. The molecule has 0 saturated heterocycles. The Morgan fingerprint density at radius 3 is 2.56 bits per heavy atom. The zero-order valence-corrected chi connectivity index (χ0v) is 10.6. The van der Waals surface area contributed by atoms with Crippen LogP contribution in [-0.4, -0.2) is 21.9 Å². The van der Waals surface area contributed by atoms with Gasteiger partial charge in [-0.25, -0.2) is 9.97 Å². The van der Waals surface area contributed by atoms with E-state index in [9.17, 15) is 4.79 Å². The lowest BCUT2D eigenvalue weighted by atomic mass is 10.0. The molecule has 18 heavy (non-hydrogen) atoms. The number of fused-ring (bicyclic) bond motifs is 5. The normalized spacial score (nSPS) is 39.5. The average molecular weight is 264 g/mol. The Bertz CT molecular complexity index is 487. The summed E-state index contributed by atoms with van der Waals surface area (Å²) in [5.41, 5.74) is 0.358. The molecule has 3 fully saturated rings. The van der Waals surface area contributed by atoms with Crippen molar-refractivity contribution >= 4 is 17.5 Å². The molecule has 1 aromatic heterocycles. The molecule has 1 amide bonds. The molecule has 2 bridgehead atoms. The number of amides is 1. The summed E-state index contributed by atoms with van der Waals surface area (Å²) < 4.78 is 0. The summed E-state index contributed by atoms with van der Waals surface area (Å²) in [6.07, 6.45) is 6.96. The first kappa shape index (κ1) is 10.7. The van der Waals surface area contributed by atoms with Gasteiger partial charge in [-0.15, -0.1) is 0 Å². The van der Waals surface area contributed by atoms with Crippen LogP contribution in [0, 0.1) is 23.7 Å². The molecule has 4 unspecified atom stereocenters. The van der Waals surface area contributed by atoms with Crippen molar-refractivity contribution in [2.75, 3.05) is 0 Å². The summed E-state index contributed by atoms with van der Waals surface area (Å²) in [6.45, 7) is 0. The van der Waals surface area contributed by atoms with E-state index in [-0.39, 0.29) is 5.91 Å². The van der Waals surface area contributed by atoms with Gasteiger partial charge < -0.3 is 5.32 Å². The predicted molar refractivity (Wildman–Crippen MR) is 66.1 cm³/mol. The minimum absolute atomic E-state index is 0.113. The lowest BCUT2D eigenvalue weighted by Gasteiger charge is -2.10. The van der Waals surface area contributed by atoms with Crippen molar-refractivity contribution in [2.45, 2.75) is 25.3 Å². The summed E-state index contributed by atoms with van der Waals surface area (Å²) in [5.74, 6) is 3.10. The van der Waals surface area contributed by atoms with Crippen LogP contribution in [0.5, 0.6) is 0 Å². The fraction of sp³-hybridized carbons (Fsp3) is 0.615. The summed E-state index contributed by atoms with van der Waals surface area (Å²) >= 11 is 5.65. The molecule has 0 aliphatic heterocycles. The fourth-order valence-electron chi connectivity index (χ4n) is 4.17. The number of carbonyl (C=O) groups excluding carboxylic acids is 1. The maximum absolute atomic E-state index is 12.0. The average Bonchev–Trinajstić information content (AvgIpc) is 2.78. The van der Waals surface area contributed by atoms with Crippen LogP contribution < -0.4 is 5.32 Å². The third-order valence-corrected chi connectivity index (χ3v) is 5.08. The van der Waals surface area contributed by atoms with Crippen molar-refractivity contribution in [2.24, 2.45) is 23.7 Å². The van der Waals surface area contributed by atoms with E-state index in [0.717, 1.165) is 23.7 Å². The third-order valence-electron chi connectivity index (χ3n) is 4.89. The molecule has 3 saturated carbocycles. The molecule has 1 N–H and O–H groups in total.